The molecule has 2 amide bonds. The zero-order chi connectivity index (χ0) is 19.3. The minimum absolute atomic E-state index is 0.00971. The second-order valence-corrected chi connectivity index (χ2v) is 8.03. The number of morpholine rings is 1. The van der Waals surface area contributed by atoms with Crippen LogP contribution in [-0.2, 0) is 9.47 Å². The first kappa shape index (κ1) is 19.5. The molecule has 3 fully saturated rings. The van der Waals surface area contributed by atoms with Gasteiger partial charge in [0.05, 0.1) is 18.8 Å². The van der Waals surface area contributed by atoms with Gasteiger partial charge in [0.25, 0.3) is 0 Å². The second kappa shape index (κ2) is 9.11. The Bertz CT molecular complexity index is 640. The molecular weight excluding hydrogens is 356 g/mol. The van der Waals surface area contributed by atoms with Crippen molar-refractivity contribution in [2.75, 3.05) is 69.2 Å². The van der Waals surface area contributed by atoms with Crippen LogP contribution >= 0.6 is 0 Å². The molecule has 2 unspecified atom stereocenters. The van der Waals surface area contributed by atoms with Crippen molar-refractivity contribution >= 4 is 17.4 Å². The Morgan fingerprint density at radius 2 is 1.86 bits per heavy atom. The van der Waals surface area contributed by atoms with Gasteiger partial charge in [-0.25, -0.2) is 4.79 Å². The quantitative estimate of drug-likeness (QED) is 0.857. The fraction of sp³-hybridized carbons (Fsp3) is 0.667. The summed E-state index contributed by atoms with van der Waals surface area (Å²) >= 11 is 0. The van der Waals surface area contributed by atoms with E-state index in [1.165, 1.54) is 18.5 Å². The zero-order valence-electron chi connectivity index (χ0n) is 16.8. The molecule has 154 valence electrons. The fourth-order valence-corrected chi connectivity index (χ4v) is 4.22. The second-order valence-electron chi connectivity index (χ2n) is 8.03. The predicted molar refractivity (Wildman–Crippen MR) is 110 cm³/mol. The maximum Gasteiger partial charge on any atom is 0.321 e. The van der Waals surface area contributed by atoms with Gasteiger partial charge < -0.3 is 24.6 Å². The molecule has 1 N–H and O–H groups in total. The van der Waals surface area contributed by atoms with Gasteiger partial charge in [-0.3, -0.25) is 4.90 Å². The van der Waals surface area contributed by atoms with E-state index in [1.54, 1.807) is 0 Å². The standard InChI is InChI=1S/C21H32N4O3/c1-17-15-25(12-14-27-17)19-6-4-18(5-7-19)22-21(26)24-10-8-23(9-11-24)16-20-3-2-13-28-20/h4-7,17,20H,2-3,8-16H2,1H3,(H,22,26). The van der Waals surface area contributed by atoms with Crippen molar-refractivity contribution in [3.63, 3.8) is 0 Å². The molecule has 3 aliphatic heterocycles. The SMILES string of the molecule is CC1CN(c2ccc(NC(=O)N3CCN(CC4CCCO4)CC3)cc2)CCO1. The van der Waals surface area contributed by atoms with E-state index in [9.17, 15) is 4.79 Å². The van der Waals surface area contributed by atoms with Gasteiger partial charge >= 0.3 is 6.03 Å². The third-order valence-electron chi connectivity index (χ3n) is 5.87. The molecule has 1 aromatic carbocycles. The maximum absolute atomic E-state index is 12.6. The molecule has 7 heteroatoms. The Labute approximate surface area is 167 Å². The molecular formula is C21H32N4O3. The molecule has 4 rings (SSSR count). The van der Waals surface area contributed by atoms with Gasteiger partial charge in [0.2, 0.25) is 0 Å². The number of rotatable bonds is 4. The first-order valence-electron chi connectivity index (χ1n) is 10.5. The summed E-state index contributed by atoms with van der Waals surface area (Å²) in [4.78, 5) is 19.2. The van der Waals surface area contributed by atoms with Crippen molar-refractivity contribution in [1.82, 2.24) is 9.80 Å². The van der Waals surface area contributed by atoms with Crippen LogP contribution in [0.2, 0.25) is 0 Å². The highest BCUT2D eigenvalue weighted by Crippen LogP contribution is 2.21. The average Bonchev–Trinajstić information content (AvgIpc) is 3.22. The van der Waals surface area contributed by atoms with Crippen LogP contribution in [0.15, 0.2) is 24.3 Å². The Morgan fingerprint density at radius 1 is 1.07 bits per heavy atom. The number of carbonyl (C=O) groups is 1. The van der Waals surface area contributed by atoms with Crippen molar-refractivity contribution in [2.24, 2.45) is 0 Å². The highest BCUT2D eigenvalue weighted by Gasteiger charge is 2.25. The number of nitrogens with one attached hydrogen (secondary N) is 1. The van der Waals surface area contributed by atoms with Crippen molar-refractivity contribution in [3.05, 3.63) is 24.3 Å². The van der Waals surface area contributed by atoms with Crippen LogP contribution in [0.3, 0.4) is 0 Å². The Balaban J connectivity index is 1.23. The lowest BCUT2D eigenvalue weighted by Gasteiger charge is -2.35. The third kappa shape index (κ3) is 4.96. The largest absolute Gasteiger partial charge is 0.377 e. The number of carbonyl (C=O) groups excluding carboxylic acids is 1. The molecule has 3 heterocycles. The summed E-state index contributed by atoms with van der Waals surface area (Å²) in [6.07, 6.45) is 2.98. The molecule has 0 aliphatic carbocycles. The molecule has 7 nitrogen and oxygen atoms in total. The van der Waals surface area contributed by atoms with E-state index >= 15 is 0 Å². The van der Waals surface area contributed by atoms with E-state index in [4.69, 9.17) is 9.47 Å². The summed E-state index contributed by atoms with van der Waals surface area (Å²) in [6, 6.07) is 8.12. The molecule has 3 saturated heterocycles. The number of urea groups is 1. The molecule has 28 heavy (non-hydrogen) atoms. The monoisotopic (exact) mass is 388 g/mol. The van der Waals surface area contributed by atoms with Crippen LogP contribution in [0.4, 0.5) is 16.2 Å². The summed E-state index contributed by atoms with van der Waals surface area (Å²) in [5.41, 5.74) is 2.02. The van der Waals surface area contributed by atoms with Gasteiger partial charge in [-0.15, -0.1) is 0 Å². The topological polar surface area (TPSA) is 57.3 Å². The molecule has 1 aromatic rings. The Hall–Kier alpha value is -1.83. The van der Waals surface area contributed by atoms with Gasteiger partial charge in [-0.05, 0) is 44.0 Å². The lowest BCUT2D eigenvalue weighted by molar-refractivity contribution is 0.0532. The Kier molecular flexibility index (Phi) is 6.34. The van der Waals surface area contributed by atoms with Gasteiger partial charge in [0, 0.05) is 63.8 Å². The van der Waals surface area contributed by atoms with E-state index in [0.717, 1.165) is 64.7 Å². The first-order chi connectivity index (χ1) is 13.7. The van der Waals surface area contributed by atoms with Crippen molar-refractivity contribution in [3.8, 4) is 0 Å². The zero-order valence-corrected chi connectivity index (χ0v) is 16.8. The molecule has 0 spiro atoms. The van der Waals surface area contributed by atoms with Crippen molar-refractivity contribution in [1.29, 1.82) is 0 Å². The summed E-state index contributed by atoms with van der Waals surface area (Å²) in [6.45, 7) is 9.94. The van der Waals surface area contributed by atoms with E-state index in [2.05, 4.69) is 34.2 Å². The van der Waals surface area contributed by atoms with Crippen LogP contribution in [0.25, 0.3) is 0 Å². The number of amides is 2. The van der Waals surface area contributed by atoms with Crippen LogP contribution in [0, 0.1) is 0 Å². The number of piperazine rings is 1. The Morgan fingerprint density at radius 3 is 2.54 bits per heavy atom. The van der Waals surface area contributed by atoms with E-state index < -0.39 is 0 Å². The van der Waals surface area contributed by atoms with Gasteiger partial charge in [0.15, 0.2) is 0 Å². The molecule has 0 bridgehead atoms. The number of ether oxygens (including phenoxy) is 2. The number of nitrogens with zero attached hydrogens (tertiary/aromatic N) is 3. The van der Waals surface area contributed by atoms with Crippen molar-refractivity contribution < 1.29 is 14.3 Å². The third-order valence-corrected chi connectivity index (χ3v) is 5.87. The van der Waals surface area contributed by atoms with E-state index in [0.29, 0.717) is 6.10 Å². The minimum atomic E-state index is -0.00971. The fourth-order valence-electron chi connectivity index (χ4n) is 4.22. The average molecular weight is 389 g/mol. The molecule has 0 saturated carbocycles. The maximum atomic E-state index is 12.6. The minimum Gasteiger partial charge on any atom is -0.377 e. The van der Waals surface area contributed by atoms with Gasteiger partial charge in [-0.1, -0.05) is 0 Å². The van der Waals surface area contributed by atoms with Gasteiger partial charge in [0.1, 0.15) is 0 Å². The van der Waals surface area contributed by atoms with Crippen LogP contribution in [0.1, 0.15) is 19.8 Å². The van der Waals surface area contributed by atoms with Crippen LogP contribution in [0.5, 0.6) is 0 Å². The lowest BCUT2D eigenvalue weighted by Crippen LogP contribution is -2.51. The van der Waals surface area contributed by atoms with Crippen molar-refractivity contribution in [2.45, 2.75) is 32.0 Å². The summed E-state index contributed by atoms with van der Waals surface area (Å²) in [5.74, 6) is 0. The number of hydrogen-bond donors (Lipinski definition) is 1. The summed E-state index contributed by atoms with van der Waals surface area (Å²) in [5, 5.41) is 3.04. The molecule has 3 aliphatic rings. The normalized spacial score (nSPS) is 26.5. The smallest absolute Gasteiger partial charge is 0.321 e. The van der Waals surface area contributed by atoms with Crippen LogP contribution in [-0.4, -0.2) is 87.1 Å². The summed E-state index contributed by atoms with van der Waals surface area (Å²) in [7, 11) is 0. The van der Waals surface area contributed by atoms with Gasteiger partial charge in [-0.2, -0.15) is 0 Å². The first-order valence-corrected chi connectivity index (χ1v) is 10.5. The van der Waals surface area contributed by atoms with Crippen LogP contribution < -0.4 is 10.2 Å². The highest BCUT2D eigenvalue weighted by atomic mass is 16.5. The molecule has 2 atom stereocenters. The lowest BCUT2D eigenvalue weighted by atomic mass is 10.2. The van der Waals surface area contributed by atoms with E-state index in [1.807, 2.05) is 17.0 Å². The number of hydrogen-bond acceptors (Lipinski definition) is 5. The number of benzene rings is 1. The summed E-state index contributed by atoms with van der Waals surface area (Å²) < 4.78 is 11.3. The molecule has 0 aromatic heterocycles. The predicted octanol–water partition coefficient (Wildman–Crippen LogP) is 2.24. The number of anilines is 2. The van der Waals surface area contributed by atoms with E-state index in [-0.39, 0.29) is 12.1 Å². The molecule has 0 radical (unpaired) electrons. The highest BCUT2D eigenvalue weighted by molar-refractivity contribution is 5.89.